The molecule has 1 aliphatic heterocycles. The van der Waals surface area contributed by atoms with Gasteiger partial charge in [-0.2, -0.15) is 5.10 Å². The highest BCUT2D eigenvalue weighted by Gasteiger charge is 2.38. The van der Waals surface area contributed by atoms with Crippen LogP contribution >= 0.6 is 0 Å². The molecular formula is C21H29N7O. The number of pyridine rings is 1. The van der Waals surface area contributed by atoms with E-state index in [4.69, 9.17) is 10.7 Å². The molecule has 1 fully saturated rings. The zero-order chi connectivity index (χ0) is 21.0. The Morgan fingerprint density at radius 2 is 1.86 bits per heavy atom. The van der Waals surface area contributed by atoms with Crippen LogP contribution < -0.4 is 5.73 Å². The molecule has 0 radical (unpaired) electrons. The molecular weight excluding hydrogens is 366 g/mol. The Bertz CT molecular complexity index is 1080. The molecule has 1 saturated heterocycles. The van der Waals surface area contributed by atoms with Gasteiger partial charge in [-0.1, -0.05) is 0 Å². The third-order valence-corrected chi connectivity index (χ3v) is 6.42. The Labute approximate surface area is 170 Å². The zero-order valence-corrected chi connectivity index (χ0v) is 17.9. The van der Waals surface area contributed by atoms with E-state index in [9.17, 15) is 4.79 Å². The van der Waals surface area contributed by atoms with E-state index >= 15 is 0 Å². The number of fused-ring (bicyclic) bond motifs is 1. The molecule has 2 atom stereocenters. The number of hydrogen-bond acceptors (Lipinski definition) is 5. The highest BCUT2D eigenvalue weighted by Crippen LogP contribution is 2.40. The van der Waals surface area contributed by atoms with Crippen LogP contribution in [0.5, 0.6) is 0 Å². The largest absolute Gasteiger partial charge is 0.395 e. The van der Waals surface area contributed by atoms with Gasteiger partial charge in [0.05, 0.1) is 17.7 Å². The van der Waals surface area contributed by atoms with Crippen molar-refractivity contribution in [1.29, 1.82) is 0 Å². The quantitative estimate of drug-likeness (QED) is 0.694. The van der Waals surface area contributed by atoms with Crippen molar-refractivity contribution in [2.24, 2.45) is 7.05 Å². The van der Waals surface area contributed by atoms with Gasteiger partial charge < -0.3 is 15.2 Å². The molecule has 3 aromatic rings. The predicted molar refractivity (Wildman–Crippen MR) is 113 cm³/mol. The number of amides is 1. The van der Waals surface area contributed by atoms with E-state index in [1.807, 2.05) is 29.8 Å². The molecule has 1 aliphatic rings. The molecule has 29 heavy (non-hydrogen) atoms. The number of anilines is 1. The monoisotopic (exact) mass is 395 g/mol. The van der Waals surface area contributed by atoms with Crippen LogP contribution in [0.3, 0.4) is 0 Å². The molecule has 3 N–H and O–H groups in total. The lowest BCUT2D eigenvalue weighted by Gasteiger charge is -2.43. The van der Waals surface area contributed by atoms with Crippen LogP contribution in [-0.4, -0.2) is 47.6 Å². The fraction of sp³-hybridized carbons (Fsp3) is 0.524. The number of nitrogens with zero attached hydrogens (tertiary/aromatic N) is 5. The Kier molecular flexibility index (Phi) is 4.59. The minimum Gasteiger partial charge on any atom is -0.395 e. The van der Waals surface area contributed by atoms with Gasteiger partial charge in [0.15, 0.2) is 11.3 Å². The van der Waals surface area contributed by atoms with Crippen molar-refractivity contribution in [2.45, 2.75) is 65.5 Å². The van der Waals surface area contributed by atoms with Crippen molar-refractivity contribution in [2.75, 3.05) is 5.73 Å². The van der Waals surface area contributed by atoms with Crippen LogP contribution in [0, 0.1) is 20.8 Å². The molecule has 0 saturated carbocycles. The number of nitrogens with two attached hydrogens (primary N) is 1. The molecule has 3 aromatic heterocycles. The maximum Gasteiger partial charge on any atom is 0.276 e. The van der Waals surface area contributed by atoms with Crippen LogP contribution in [0.25, 0.3) is 11.2 Å². The predicted octanol–water partition coefficient (Wildman–Crippen LogP) is 3.00. The summed E-state index contributed by atoms with van der Waals surface area (Å²) in [6, 6.07) is 0.138. The second kappa shape index (κ2) is 6.86. The minimum atomic E-state index is -0.101. The average Bonchev–Trinajstić information content (AvgIpc) is 3.18. The lowest BCUT2D eigenvalue weighted by atomic mass is 9.80. The number of carbonyl (C=O) groups is 1. The van der Waals surface area contributed by atoms with Crippen LogP contribution in [0.4, 0.5) is 5.69 Å². The summed E-state index contributed by atoms with van der Waals surface area (Å²) in [6.45, 7) is 10.2. The smallest absolute Gasteiger partial charge is 0.276 e. The van der Waals surface area contributed by atoms with Gasteiger partial charge in [0.2, 0.25) is 0 Å². The van der Waals surface area contributed by atoms with E-state index < -0.39 is 0 Å². The molecule has 4 rings (SSSR count). The van der Waals surface area contributed by atoms with Crippen LogP contribution in [0.15, 0.2) is 6.33 Å². The Hall–Kier alpha value is -2.90. The van der Waals surface area contributed by atoms with E-state index in [1.54, 1.807) is 0 Å². The number of aromatic nitrogens is 5. The standard InChI is InChI=1S/C21H29N7O/c1-10-7-15(16-12(3)13(4)24-20-18(16)23-9-27(20)6)8-11(2)28(10)21(29)19-17(22)14(5)25-26-19/h9-11,15H,7-8,22H2,1-6H3,(H,25,26). The second-order valence-corrected chi connectivity index (χ2v) is 8.45. The fourth-order valence-corrected chi connectivity index (χ4v) is 4.80. The first-order chi connectivity index (χ1) is 13.7. The number of aryl methyl sites for hydroxylation is 3. The summed E-state index contributed by atoms with van der Waals surface area (Å²) in [5.41, 5.74) is 13.0. The van der Waals surface area contributed by atoms with Crippen molar-refractivity contribution in [3.63, 3.8) is 0 Å². The summed E-state index contributed by atoms with van der Waals surface area (Å²) in [5.74, 6) is 0.220. The molecule has 0 aliphatic carbocycles. The molecule has 8 heteroatoms. The van der Waals surface area contributed by atoms with Gasteiger partial charge in [-0.3, -0.25) is 9.89 Å². The molecule has 8 nitrogen and oxygen atoms in total. The minimum absolute atomic E-state index is 0.0688. The van der Waals surface area contributed by atoms with Crippen molar-refractivity contribution in [3.05, 3.63) is 34.5 Å². The highest BCUT2D eigenvalue weighted by molar-refractivity contribution is 5.98. The van der Waals surface area contributed by atoms with Gasteiger partial charge in [0.25, 0.3) is 5.91 Å². The van der Waals surface area contributed by atoms with Crippen molar-refractivity contribution < 1.29 is 4.79 Å². The first-order valence-corrected chi connectivity index (χ1v) is 10.1. The fourth-order valence-electron chi connectivity index (χ4n) is 4.80. The number of rotatable bonds is 2. The van der Waals surface area contributed by atoms with E-state index in [1.165, 1.54) is 11.1 Å². The van der Waals surface area contributed by atoms with Gasteiger partial charge in [0.1, 0.15) is 5.52 Å². The van der Waals surface area contributed by atoms with Crippen LogP contribution in [0.2, 0.25) is 0 Å². The number of H-pyrrole nitrogens is 1. The van der Waals surface area contributed by atoms with Gasteiger partial charge in [0, 0.05) is 24.8 Å². The molecule has 0 aromatic carbocycles. The summed E-state index contributed by atoms with van der Waals surface area (Å²) < 4.78 is 1.97. The number of nitrogen functional groups attached to an aromatic ring is 1. The molecule has 154 valence electrons. The Morgan fingerprint density at radius 1 is 1.21 bits per heavy atom. The van der Waals surface area contributed by atoms with E-state index in [0.29, 0.717) is 17.3 Å². The Balaban J connectivity index is 1.68. The molecule has 4 heterocycles. The molecule has 0 spiro atoms. The summed E-state index contributed by atoms with van der Waals surface area (Å²) in [6.07, 6.45) is 3.57. The number of imidazole rings is 1. The maximum atomic E-state index is 13.2. The van der Waals surface area contributed by atoms with Crippen molar-refractivity contribution in [1.82, 2.24) is 29.6 Å². The van der Waals surface area contributed by atoms with Crippen LogP contribution in [0.1, 0.15) is 65.6 Å². The number of nitrogens with one attached hydrogen (secondary N) is 1. The average molecular weight is 396 g/mol. The number of likely N-dealkylation sites (tertiary alicyclic amines) is 1. The second-order valence-electron chi connectivity index (χ2n) is 8.45. The lowest BCUT2D eigenvalue weighted by molar-refractivity contribution is 0.0474. The molecule has 0 bridgehead atoms. The first-order valence-electron chi connectivity index (χ1n) is 10.1. The third kappa shape index (κ3) is 2.97. The molecule has 1 amide bonds. The molecule has 2 unspecified atom stereocenters. The first kappa shape index (κ1) is 19.4. The van der Waals surface area contributed by atoms with Gasteiger partial charge in [-0.05, 0) is 64.5 Å². The lowest BCUT2D eigenvalue weighted by Crippen LogP contribution is -2.49. The highest BCUT2D eigenvalue weighted by atomic mass is 16.2. The number of carbonyl (C=O) groups excluding carboxylic acids is 1. The van der Waals surface area contributed by atoms with Crippen LogP contribution in [-0.2, 0) is 7.05 Å². The number of aromatic amines is 1. The summed E-state index contributed by atoms with van der Waals surface area (Å²) in [4.78, 5) is 24.5. The van der Waals surface area contributed by atoms with Crippen molar-refractivity contribution in [3.8, 4) is 0 Å². The van der Waals surface area contributed by atoms with Gasteiger partial charge >= 0.3 is 0 Å². The summed E-state index contributed by atoms with van der Waals surface area (Å²) in [5, 5.41) is 6.96. The topological polar surface area (TPSA) is 106 Å². The normalized spacial score (nSPS) is 22.4. The third-order valence-electron chi connectivity index (χ3n) is 6.42. The summed E-state index contributed by atoms with van der Waals surface area (Å²) >= 11 is 0. The van der Waals surface area contributed by atoms with Crippen molar-refractivity contribution >= 4 is 22.8 Å². The van der Waals surface area contributed by atoms with E-state index in [0.717, 1.165) is 35.4 Å². The van der Waals surface area contributed by atoms with Gasteiger partial charge in [-0.15, -0.1) is 0 Å². The SMILES string of the molecule is Cc1nc2c(ncn2C)c(C2CC(C)N(C(=O)c3n[nH]c(C)c3N)C(C)C2)c1C. The summed E-state index contributed by atoms with van der Waals surface area (Å²) in [7, 11) is 1.98. The van der Waals surface area contributed by atoms with E-state index in [2.05, 4.69) is 42.9 Å². The van der Waals surface area contributed by atoms with Gasteiger partial charge in [-0.25, -0.2) is 9.97 Å². The zero-order valence-electron chi connectivity index (χ0n) is 17.9. The van der Waals surface area contributed by atoms with E-state index in [-0.39, 0.29) is 18.0 Å². The maximum absolute atomic E-state index is 13.2. The Morgan fingerprint density at radius 3 is 2.45 bits per heavy atom. The number of hydrogen-bond donors (Lipinski definition) is 2. The number of piperidine rings is 1.